The first-order valence-corrected chi connectivity index (χ1v) is 4.92. The second-order valence-corrected chi connectivity index (χ2v) is 4.27. The molecule has 1 heteroatoms. The first kappa shape index (κ1) is 8.03. The molecule has 1 saturated carbocycles. The van der Waals surface area contributed by atoms with Gasteiger partial charge < -0.3 is 0 Å². The lowest BCUT2D eigenvalue weighted by Crippen LogP contribution is -2.22. The lowest BCUT2D eigenvalue weighted by Gasteiger charge is -2.18. The van der Waals surface area contributed by atoms with Gasteiger partial charge in [0.25, 0.3) is 0 Å². The lowest BCUT2D eigenvalue weighted by molar-refractivity contribution is -0.126. The highest BCUT2D eigenvalue weighted by Gasteiger charge is 2.36. The molecule has 66 valence electrons. The van der Waals surface area contributed by atoms with Crippen molar-refractivity contribution in [3.05, 3.63) is 12.2 Å². The summed E-state index contributed by atoms with van der Waals surface area (Å²) in [6.07, 6.45) is 6.97. The Kier molecular flexibility index (Phi) is 1.82. The fourth-order valence-electron chi connectivity index (χ4n) is 2.53. The van der Waals surface area contributed by atoms with E-state index in [-0.39, 0.29) is 11.8 Å². The molecule has 3 aliphatic rings. The molecule has 0 aromatic carbocycles. The van der Waals surface area contributed by atoms with Crippen molar-refractivity contribution in [1.82, 2.24) is 0 Å². The highest BCUT2D eigenvalue weighted by Crippen LogP contribution is 2.38. The molecule has 3 rings (SSSR count). The van der Waals surface area contributed by atoms with Crippen molar-refractivity contribution in [1.29, 1.82) is 0 Å². The van der Waals surface area contributed by atoms with Crippen LogP contribution in [0.15, 0.2) is 12.2 Å². The van der Waals surface area contributed by atoms with Crippen LogP contribution in [0.3, 0.4) is 0 Å². The second-order valence-electron chi connectivity index (χ2n) is 4.27. The van der Waals surface area contributed by atoms with E-state index in [1.807, 2.05) is 0 Å². The number of carbonyl (C=O) groups excluding carboxylic acids is 1. The highest BCUT2D eigenvalue weighted by atomic mass is 16.1. The fourth-order valence-corrected chi connectivity index (χ4v) is 2.53. The van der Waals surface area contributed by atoms with Gasteiger partial charge in [-0.3, -0.25) is 4.79 Å². The van der Waals surface area contributed by atoms with Gasteiger partial charge in [-0.15, -0.1) is 0 Å². The van der Waals surface area contributed by atoms with E-state index in [1.54, 1.807) is 0 Å². The summed E-state index contributed by atoms with van der Waals surface area (Å²) in [5.74, 6) is 2.09. The number of fused-ring (bicyclic) bond motifs is 3. The van der Waals surface area contributed by atoms with Gasteiger partial charge in [-0.2, -0.15) is 0 Å². The van der Waals surface area contributed by atoms with E-state index in [1.165, 1.54) is 12.8 Å². The summed E-state index contributed by atoms with van der Waals surface area (Å²) >= 11 is 0. The number of rotatable bonds is 0. The van der Waals surface area contributed by atoms with Crippen LogP contribution in [0.4, 0.5) is 0 Å². The van der Waals surface area contributed by atoms with Crippen LogP contribution in [0.1, 0.15) is 26.7 Å². The van der Waals surface area contributed by atoms with Crippen LogP contribution in [0.25, 0.3) is 0 Å². The monoisotopic (exact) mass is 164 g/mol. The Hall–Kier alpha value is -0.590. The summed E-state index contributed by atoms with van der Waals surface area (Å²) < 4.78 is 0. The molecule has 1 fully saturated rings. The number of allylic oxidation sites excluding steroid dienone is 2. The molecule has 0 heterocycles. The van der Waals surface area contributed by atoms with Gasteiger partial charge in [0, 0.05) is 11.8 Å². The molecule has 0 radical (unpaired) electrons. The molecule has 0 N–H and O–H groups in total. The number of hydrogen-bond donors (Lipinski definition) is 0. The SMILES string of the molecule is CC1C(=O)C(C)C2C=CC1CC2. The first-order chi connectivity index (χ1) is 5.70. The van der Waals surface area contributed by atoms with E-state index in [0.717, 1.165) is 0 Å². The molecule has 12 heavy (non-hydrogen) atoms. The van der Waals surface area contributed by atoms with E-state index in [0.29, 0.717) is 17.6 Å². The third kappa shape index (κ3) is 1.03. The summed E-state index contributed by atoms with van der Waals surface area (Å²) in [6, 6.07) is 0. The number of Topliss-reactive ketones (excluding diaryl/α,β-unsaturated/α-hetero) is 1. The predicted octanol–water partition coefficient (Wildman–Crippen LogP) is 2.42. The standard InChI is InChI=1S/C11H16O/c1-7-9-3-5-10(6-4-9)8(2)11(7)12/h3,5,7-10H,4,6H2,1-2H3. The maximum Gasteiger partial charge on any atom is 0.139 e. The van der Waals surface area contributed by atoms with Crippen molar-refractivity contribution in [3.8, 4) is 0 Å². The summed E-state index contributed by atoms with van der Waals surface area (Å²) in [5.41, 5.74) is 0. The zero-order chi connectivity index (χ0) is 8.72. The van der Waals surface area contributed by atoms with Gasteiger partial charge in [-0.1, -0.05) is 26.0 Å². The van der Waals surface area contributed by atoms with Crippen molar-refractivity contribution in [3.63, 3.8) is 0 Å². The van der Waals surface area contributed by atoms with E-state index < -0.39 is 0 Å². The van der Waals surface area contributed by atoms with Crippen LogP contribution in [0.5, 0.6) is 0 Å². The molecule has 1 nitrogen and oxygen atoms in total. The van der Waals surface area contributed by atoms with Crippen LogP contribution in [0.2, 0.25) is 0 Å². The van der Waals surface area contributed by atoms with Crippen molar-refractivity contribution in [2.75, 3.05) is 0 Å². The van der Waals surface area contributed by atoms with Crippen LogP contribution in [0, 0.1) is 23.7 Å². The molecule has 0 aromatic rings. The average molecular weight is 164 g/mol. The largest absolute Gasteiger partial charge is 0.299 e. The zero-order valence-corrected chi connectivity index (χ0v) is 7.79. The minimum Gasteiger partial charge on any atom is -0.299 e. The number of hydrogen-bond acceptors (Lipinski definition) is 1. The van der Waals surface area contributed by atoms with Gasteiger partial charge in [0.1, 0.15) is 5.78 Å². The average Bonchev–Trinajstić information content (AvgIpc) is 2.27. The smallest absolute Gasteiger partial charge is 0.139 e. The molecule has 3 aliphatic carbocycles. The van der Waals surface area contributed by atoms with Gasteiger partial charge in [-0.05, 0) is 24.7 Å². The van der Waals surface area contributed by atoms with Crippen molar-refractivity contribution >= 4 is 5.78 Å². The van der Waals surface area contributed by atoms with Crippen molar-refractivity contribution in [2.45, 2.75) is 26.7 Å². The molecule has 4 unspecified atom stereocenters. The Morgan fingerprint density at radius 1 is 1.08 bits per heavy atom. The lowest BCUT2D eigenvalue weighted by atomic mass is 9.86. The van der Waals surface area contributed by atoms with E-state index in [2.05, 4.69) is 26.0 Å². The quantitative estimate of drug-likeness (QED) is 0.502. The van der Waals surface area contributed by atoms with Crippen LogP contribution in [-0.2, 0) is 4.79 Å². The highest BCUT2D eigenvalue weighted by molar-refractivity contribution is 5.84. The Morgan fingerprint density at radius 2 is 1.50 bits per heavy atom. The maximum absolute atomic E-state index is 11.8. The molecule has 0 aromatic heterocycles. The summed E-state index contributed by atoms with van der Waals surface area (Å²) in [7, 11) is 0. The molecule has 0 aliphatic heterocycles. The molecular weight excluding hydrogens is 148 g/mol. The summed E-state index contributed by atoms with van der Waals surface area (Å²) in [5, 5.41) is 0. The molecule has 0 saturated heterocycles. The second kappa shape index (κ2) is 2.72. The summed E-state index contributed by atoms with van der Waals surface area (Å²) in [4.78, 5) is 11.8. The van der Waals surface area contributed by atoms with E-state index in [4.69, 9.17) is 0 Å². The third-order valence-electron chi connectivity index (χ3n) is 3.62. The van der Waals surface area contributed by atoms with E-state index >= 15 is 0 Å². The Bertz CT molecular complexity index is 207. The minimum absolute atomic E-state index is 0.267. The van der Waals surface area contributed by atoms with Crippen LogP contribution in [-0.4, -0.2) is 5.78 Å². The fraction of sp³-hybridized carbons (Fsp3) is 0.727. The summed E-state index contributed by atoms with van der Waals surface area (Å²) in [6.45, 7) is 4.17. The van der Waals surface area contributed by atoms with Crippen LogP contribution >= 0.6 is 0 Å². The Balaban J connectivity index is 2.33. The molecule has 4 atom stereocenters. The topological polar surface area (TPSA) is 17.1 Å². The Labute approximate surface area is 73.8 Å². The number of ketones is 1. The van der Waals surface area contributed by atoms with Gasteiger partial charge >= 0.3 is 0 Å². The minimum atomic E-state index is 0.267. The van der Waals surface area contributed by atoms with Crippen molar-refractivity contribution < 1.29 is 4.79 Å². The third-order valence-corrected chi connectivity index (χ3v) is 3.62. The molecule has 0 spiro atoms. The molecular formula is C11H16O. The van der Waals surface area contributed by atoms with Crippen LogP contribution < -0.4 is 0 Å². The van der Waals surface area contributed by atoms with Gasteiger partial charge in [0.05, 0.1) is 0 Å². The maximum atomic E-state index is 11.8. The molecule has 0 amide bonds. The molecule has 2 bridgehead atoms. The normalized spacial score (nSPS) is 46.3. The zero-order valence-electron chi connectivity index (χ0n) is 7.79. The van der Waals surface area contributed by atoms with Crippen molar-refractivity contribution in [2.24, 2.45) is 23.7 Å². The van der Waals surface area contributed by atoms with Gasteiger partial charge in [0.15, 0.2) is 0 Å². The van der Waals surface area contributed by atoms with E-state index in [9.17, 15) is 4.79 Å². The first-order valence-electron chi connectivity index (χ1n) is 4.92. The van der Waals surface area contributed by atoms with Gasteiger partial charge in [-0.25, -0.2) is 0 Å². The number of carbonyl (C=O) groups is 1. The van der Waals surface area contributed by atoms with Gasteiger partial charge in [0.2, 0.25) is 0 Å². The predicted molar refractivity (Wildman–Crippen MR) is 48.7 cm³/mol. The Morgan fingerprint density at radius 3 is 1.83 bits per heavy atom.